The van der Waals surface area contributed by atoms with Crippen molar-refractivity contribution in [3.63, 3.8) is 0 Å². The lowest BCUT2D eigenvalue weighted by Crippen LogP contribution is -2.46. The molecule has 1 saturated heterocycles. The van der Waals surface area contributed by atoms with Gasteiger partial charge in [-0.3, -0.25) is 13.9 Å². The zero-order valence-electron chi connectivity index (χ0n) is 20.0. The van der Waals surface area contributed by atoms with Gasteiger partial charge in [0.15, 0.2) is 11.5 Å². The lowest BCUT2D eigenvalue weighted by molar-refractivity contribution is 0.355. The Morgan fingerprint density at radius 2 is 1.71 bits per heavy atom. The standard InChI is InChI=1S/C25H28N6O4/c1-4-30-20-6-5-15(26)11-18(20)24(32)31(25(30)33)16-7-9-29(10-8-16)23-17-12-21(34-2)22(35-3)13-19(17)27-14-28-23/h5-6,11-14,16H,4,7-10,26H2,1-3H3. The van der Waals surface area contributed by atoms with Gasteiger partial charge in [0.25, 0.3) is 5.56 Å². The summed E-state index contributed by atoms with van der Waals surface area (Å²) in [4.78, 5) is 37.8. The van der Waals surface area contributed by atoms with Crippen LogP contribution in [0.3, 0.4) is 0 Å². The summed E-state index contributed by atoms with van der Waals surface area (Å²) in [6.45, 7) is 3.64. The van der Waals surface area contributed by atoms with Gasteiger partial charge in [-0.15, -0.1) is 0 Å². The molecule has 5 rings (SSSR count). The molecule has 0 unspecified atom stereocenters. The number of methoxy groups -OCH3 is 2. The van der Waals surface area contributed by atoms with Crippen LogP contribution in [0.1, 0.15) is 25.8 Å². The van der Waals surface area contributed by atoms with E-state index < -0.39 is 0 Å². The highest BCUT2D eigenvalue weighted by Crippen LogP contribution is 2.36. The van der Waals surface area contributed by atoms with Gasteiger partial charge in [0.05, 0.1) is 30.6 Å². The number of aryl methyl sites for hydroxylation is 1. The topological polar surface area (TPSA) is 118 Å². The summed E-state index contributed by atoms with van der Waals surface area (Å²) in [5.41, 5.74) is 7.25. The number of piperidine rings is 1. The molecule has 10 heteroatoms. The van der Waals surface area contributed by atoms with Crippen molar-refractivity contribution in [2.24, 2.45) is 0 Å². The van der Waals surface area contributed by atoms with Crippen molar-refractivity contribution in [2.75, 3.05) is 37.9 Å². The van der Waals surface area contributed by atoms with E-state index in [9.17, 15) is 9.59 Å². The van der Waals surface area contributed by atoms with Crippen LogP contribution in [0, 0.1) is 0 Å². The molecule has 35 heavy (non-hydrogen) atoms. The molecule has 0 saturated carbocycles. The maximum atomic E-state index is 13.4. The highest BCUT2D eigenvalue weighted by Gasteiger charge is 2.27. The molecule has 182 valence electrons. The number of nitrogens with zero attached hydrogens (tertiary/aromatic N) is 5. The van der Waals surface area contributed by atoms with Crippen LogP contribution < -0.4 is 31.4 Å². The number of nitrogen functional groups attached to an aromatic ring is 1. The lowest BCUT2D eigenvalue weighted by Gasteiger charge is -2.34. The maximum Gasteiger partial charge on any atom is 0.331 e. The van der Waals surface area contributed by atoms with E-state index in [0.717, 1.165) is 16.7 Å². The van der Waals surface area contributed by atoms with Gasteiger partial charge in [-0.2, -0.15) is 0 Å². The number of ether oxygens (including phenoxy) is 2. The van der Waals surface area contributed by atoms with Crippen LogP contribution in [0.5, 0.6) is 11.5 Å². The molecule has 1 aliphatic heterocycles. The summed E-state index contributed by atoms with van der Waals surface area (Å²) in [5.74, 6) is 2.00. The van der Waals surface area contributed by atoms with Gasteiger partial charge in [0, 0.05) is 42.8 Å². The normalized spacial score (nSPS) is 14.5. The molecule has 0 spiro atoms. The van der Waals surface area contributed by atoms with Gasteiger partial charge in [-0.05, 0) is 44.0 Å². The molecule has 1 aliphatic rings. The summed E-state index contributed by atoms with van der Waals surface area (Å²) in [5, 5.41) is 1.33. The molecular weight excluding hydrogens is 448 g/mol. The van der Waals surface area contributed by atoms with Crippen LogP contribution >= 0.6 is 0 Å². The number of nitrogens with two attached hydrogens (primary N) is 1. The molecule has 0 radical (unpaired) electrons. The van der Waals surface area contributed by atoms with Crippen molar-refractivity contribution in [1.29, 1.82) is 0 Å². The maximum absolute atomic E-state index is 13.4. The Kier molecular flexibility index (Phi) is 5.80. The molecule has 0 atom stereocenters. The van der Waals surface area contributed by atoms with E-state index in [2.05, 4.69) is 14.9 Å². The number of hydrogen-bond acceptors (Lipinski definition) is 8. The third-order valence-corrected chi connectivity index (χ3v) is 6.76. The van der Waals surface area contributed by atoms with E-state index in [1.54, 1.807) is 37.0 Å². The highest BCUT2D eigenvalue weighted by atomic mass is 16.5. The number of aromatic nitrogens is 4. The second kappa shape index (κ2) is 8.94. The number of hydrogen-bond donors (Lipinski definition) is 1. The number of benzene rings is 2. The molecule has 3 heterocycles. The van der Waals surface area contributed by atoms with Crippen LogP contribution in [-0.4, -0.2) is 46.4 Å². The second-order valence-electron chi connectivity index (χ2n) is 8.62. The van der Waals surface area contributed by atoms with E-state index in [4.69, 9.17) is 15.2 Å². The minimum Gasteiger partial charge on any atom is -0.493 e. The smallest absolute Gasteiger partial charge is 0.331 e. The molecule has 0 aliphatic carbocycles. The number of rotatable bonds is 5. The third-order valence-electron chi connectivity index (χ3n) is 6.76. The van der Waals surface area contributed by atoms with Crippen LogP contribution in [0.15, 0.2) is 46.2 Å². The Morgan fingerprint density at radius 3 is 2.40 bits per heavy atom. The first kappa shape index (κ1) is 22.7. The first-order chi connectivity index (χ1) is 17.0. The fourth-order valence-electron chi connectivity index (χ4n) is 4.99. The van der Waals surface area contributed by atoms with E-state index in [1.165, 1.54) is 10.9 Å². The third kappa shape index (κ3) is 3.74. The van der Waals surface area contributed by atoms with Crippen molar-refractivity contribution in [3.05, 3.63) is 57.5 Å². The fraction of sp³-hybridized carbons (Fsp3) is 0.360. The lowest BCUT2D eigenvalue weighted by atomic mass is 10.0. The molecule has 0 amide bonds. The summed E-state index contributed by atoms with van der Waals surface area (Å²) in [6, 6.07) is 8.62. The molecule has 10 nitrogen and oxygen atoms in total. The van der Waals surface area contributed by atoms with Crippen molar-refractivity contribution < 1.29 is 9.47 Å². The SMILES string of the molecule is CCn1c(=O)n(C2CCN(c3ncnc4cc(OC)c(OC)cc34)CC2)c(=O)c2cc(N)ccc21. The molecule has 4 aromatic rings. The van der Waals surface area contributed by atoms with E-state index >= 15 is 0 Å². The summed E-state index contributed by atoms with van der Waals surface area (Å²) >= 11 is 0. The predicted octanol–water partition coefficient (Wildman–Crippen LogP) is 2.57. The first-order valence-electron chi connectivity index (χ1n) is 11.6. The molecular formula is C25H28N6O4. The van der Waals surface area contributed by atoms with Crippen molar-refractivity contribution in [2.45, 2.75) is 32.4 Å². The van der Waals surface area contributed by atoms with E-state index in [-0.39, 0.29) is 17.3 Å². The van der Waals surface area contributed by atoms with Crippen molar-refractivity contribution in [1.82, 2.24) is 19.1 Å². The summed E-state index contributed by atoms with van der Waals surface area (Å²) < 4.78 is 13.9. The molecule has 1 fully saturated rings. The van der Waals surface area contributed by atoms with Crippen molar-refractivity contribution in [3.8, 4) is 11.5 Å². The average Bonchev–Trinajstić information content (AvgIpc) is 2.88. The second-order valence-corrected chi connectivity index (χ2v) is 8.62. The van der Waals surface area contributed by atoms with Crippen LogP contribution in [0.25, 0.3) is 21.8 Å². The predicted molar refractivity (Wildman–Crippen MR) is 136 cm³/mol. The van der Waals surface area contributed by atoms with Gasteiger partial charge < -0.3 is 20.1 Å². The van der Waals surface area contributed by atoms with E-state index in [1.807, 2.05) is 19.1 Å². The zero-order chi connectivity index (χ0) is 24.7. The van der Waals surface area contributed by atoms with E-state index in [0.29, 0.717) is 60.6 Å². The van der Waals surface area contributed by atoms with Crippen LogP contribution in [0.2, 0.25) is 0 Å². The first-order valence-corrected chi connectivity index (χ1v) is 11.6. The Hall–Kier alpha value is -4.08. The zero-order valence-corrected chi connectivity index (χ0v) is 20.0. The van der Waals surface area contributed by atoms with Crippen molar-refractivity contribution >= 4 is 33.3 Å². The largest absolute Gasteiger partial charge is 0.493 e. The highest BCUT2D eigenvalue weighted by molar-refractivity contribution is 5.92. The molecule has 2 aromatic carbocycles. The molecule has 2 aromatic heterocycles. The van der Waals surface area contributed by atoms with Gasteiger partial charge >= 0.3 is 5.69 Å². The van der Waals surface area contributed by atoms with Crippen LogP contribution in [-0.2, 0) is 6.54 Å². The Morgan fingerprint density at radius 1 is 1.00 bits per heavy atom. The monoisotopic (exact) mass is 476 g/mol. The van der Waals surface area contributed by atoms with Gasteiger partial charge in [-0.25, -0.2) is 14.8 Å². The van der Waals surface area contributed by atoms with Gasteiger partial charge in [0.2, 0.25) is 0 Å². The number of fused-ring (bicyclic) bond motifs is 2. The van der Waals surface area contributed by atoms with Gasteiger partial charge in [0.1, 0.15) is 12.1 Å². The average molecular weight is 477 g/mol. The molecule has 2 N–H and O–H groups in total. The fourth-order valence-corrected chi connectivity index (χ4v) is 4.99. The minimum atomic E-state index is -0.287. The Bertz CT molecular complexity index is 1540. The minimum absolute atomic E-state index is 0.211. The quantitative estimate of drug-likeness (QED) is 0.437. The van der Waals surface area contributed by atoms with Crippen LogP contribution in [0.4, 0.5) is 11.5 Å². The number of anilines is 2. The van der Waals surface area contributed by atoms with Gasteiger partial charge in [-0.1, -0.05) is 0 Å². The Labute approximate surface area is 201 Å². The summed E-state index contributed by atoms with van der Waals surface area (Å²) in [6.07, 6.45) is 2.80. The molecule has 0 bridgehead atoms. The summed E-state index contributed by atoms with van der Waals surface area (Å²) in [7, 11) is 3.18. The Balaban J connectivity index is 1.50.